The minimum absolute atomic E-state index is 0.997. The van der Waals surface area contributed by atoms with Crippen molar-refractivity contribution >= 4 is 0 Å². The number of nitrogens with zero attached hydrogens (tertiary/aromatic N) is 2. The van der Waals surface area contributed by atoms with Crippen molar-refractivity contribution in [1.29, 1.82) is 0 Å². The highest BCUT2D eigenvalue weighted by Crippen LogP contribution is 2.01. The van der Waals surface area contributed by atoms with Crippen LogP contribution >= 0.6 is 0 Å². The second kappa shape index (κ2) is 6.97. The predicted molar refractivity (Wildman–Crippen MR) is 74.6 cm³/mol. The van der Waals surface area contributed by atoms with Crippen molar-refractivity contribution in [1.82, 2.24) is 14.9 Å². The fraction of sp³-hybridized carbons (Fsp3) is 0.400. The Kier molecular flexibility index (Phi) is 4.97. The first kappa shape index (κ1) is 12.8. The van der Waals surface area contributed by atoms with Crippen molar-refractivity contribution in [2.45, 2.75) is 26.3 Å². The van der Waals surface area contributed by atoms with Crippen LogP contribution in [0.2, 0.25) is 0 Å². The summed E-state index contributed by atoms with van der Waals surface area (Å²) in [6.07, 6.45) is 6.22. The van der Waals surface area contributed by atoms with Gasteiger partial charge in [0.05, 0.1) is 0 Å². The zero-order chi connectivity index (χ0) is 12.6. The van der Waals surface area contributed by atoms with Crippen LogP contribution in [0.3, 0.4) is 0 Å². The summed E-state index contributed by atoms with van der Waals surface area (Å²) in [5.41, 5.74) is 1.42. The van der Waals surface area contributed by atoms with Crippen LogP contribution in [0.15, 0.2) is 42.7 Å². The number of nitrogens with one attached hydrogen (secondary N) is 1. The summed E-state index contributed by atoms with van der Waals surface area (Å²) in [6.45, 7) is 5.11. The fourth-order valence-corrected chi connectivity index (χ4v) is 2.03. The molecule has 3 heteroatoms. The monoisotopic (exact) mass is 243 g/mol. The first-order chi connectivity index (χ1) is 8.86. The third-order valence-corrected chi connectivity index (χ3v) is 3.11. The van der Waals surface area contributed by atoms with E-state index in [1.54, 1.807) is 0 Å². The number of aryl methyl sites for hydroxylation is 2. The van der Waals surface area contributed by atoms with Gasteiger partial charge < -0.3 is 9.88 Å². The van der Waals surface area contributed by atoms with Crippen molar-refractivity contribution in [3.8, 4) is 0 Å². The fourth-order valence-electron chi connectivity index (χ4n) is 2.03. The maximum absolute atomic E-state index is 4.21. The van der Waals surface area contributed by atoms with Crippen LogP contribution < -0.4 is 5.32 Å². The van der Waals surface area contributed by atoms with Crippen LogP contribution in [0, 0.1) is 6.92 Å². The van der Waals surface area contributed by atoms with Crippen LogP contribution in [0.5, 0.6) is 0 Å². The van der Waals surface area contributed by atoms with Gasteiger partial charge in [-0.2, -0.15) is 0 Å². The molecule has 1 aromatic heterocycles. The van der Waals surface area contributed by atoms with Gasteiger partial charge in [0, 0.05) is 25.5 Å². The molecule has 1 N–H and O–H groups in total. The first-order valence-electron chi connectivity index (χ1n) is 6.58. The van der Waals surface area contributed by atoms with E-state index in [1.165, 1.54) is 12.0 Å². The van der Waals surface area contributed by atoms with Gasteiger partial charge in [-0.15, -0.1) is 0 Å². The van der Waals surface area contributed by atoms with Crippen molar-refractivity contribution in [3.63, 3.8) is 0 Å². The Balaban J connectivity index is 1.56. The average molecular weight is 243 g/mol. The molecule has 1 aromatic carbocycles. The Morgan fingerprint density at radius 2 is 2.00 bits per heavy atom. The number of benzene rings is 1. The van der Waals surface area contributed by atoms with Gasteiger partial charge in [-0.25, -0.2) is 4.98 Å². The Bertz CT molecular complexity index is 448. The smallest absolute Gasteiger partial charge is 0.105 e. The molecule has 96 valence electrons. The highest BCUT2D eigenvalue weighted by atomic mass is 15.1. The van der Waals surface area contributed by atoms with Crippen LogP contribution in [0.4, 0.5) is 0 Å². The van der Waals surface area contributed by atoms with Gasteiger partial charge in [0.2, 0.25) is 0 Å². The molecule has 0 spiro atoms. The molecule has 1 heterocycles. The van der Waals surface area contributed by atoms with E-state index >= 15 is 0 Å². The lowest BCUT2D eigenvalue weighted by atomic mass is 10.1. The average Bonchev–Trinajstić information content (AvgIpc) is 2.81. The molecule has 0 saturated carbocycles. The second-order valence-corrected chi connectivity index (χ2v) is 4.51. The first-order valence-corrected chi connectivity index (χ1v) is 6.58. The Labute approximate surface area is 109 Å². The minimum Gasteiger partial charge on any atom is -0.334 e. The van der Waals surface area contributed by atoms with Crippen molar-refractivity contribution < 1.29 is 0 Å². The third kappa shape index (κ3) is 4.00. The van der Waals surface area contributed by atoms with Crippen molar-refractivity contribution in [2.24, 2.45) is 0 Å². The summed E-state index contributed by atoms with van der Waals surface area (Å²) < 4.78 is 2.17. The van der Waals surface area contributed by atoms with Crippen LogP contribution in [-0.2, 0) is 13.0 Å². The van der Waals surface area contributed by atoms with E-state index in [9.17, 15) is 0 Å². The van der Waals surface area contributed by atoms with Gasteiger partial charge in [0.25, 0.3) is 0 Å². The quantitative estimate of drug-likeness (QED) is 0.757. The molecule has 0 aliphatic heterocycles. The topological polar surface area (TPSA) is 29.9 Å². The summed E-state index contributed by atoms with van der Waals surface area (Å²) in [6, 6.07) is 10.6. The molecular weight excluding hydrogens is 222 g/mol. The molecule has 0 unspecified atom stereocenters. The molecule has 18 heavy (non-hydrogen) atoms. The second-order valence-electron chi connectivity index (χ2n) is 4.51. The van der Waals surface area contributed by atoms with Gasteiger partial charge in [-0.05, 0) is 31.9 Å². The molecule has 2 aromatic rings. The maximum Gasteiger partial charge on any atom is 0.105 e. The highest BCUT2D eigenvalue weighted by Gasteiger charge is 1.96. The van der Waals surface area contributed by atoms with Gasteiger partial charge in [-0.3, -0.25) is 0 Å². The largest absolute Gasteiger partial charge is 0.334 e. The lowest BCUT2D eigenvalue weighted by Crippen LogP contribution is -2.21. The molecule has 0 atom stereocenters. The molecule has 0 aliphatic carbocycles. The number of hydrogen-bond donors (Lipinski definition) is 1. The molecule has 0 aliphatic rings. The standard InChI is InChI=1S/C15H21N3/c1-14-17-11-13-18(14)12-10-16-9-5-8-15-6-3-2-4-7-15/h2-4,6-7,11,13,16H,5,8-10,12H2,1H3. The zero-order valence-electron chi connectivity index (χ0n) is 11.0. The molecular formula is C15H21N3. The van der Waals surface area contributed by atoms with Crippen LogP contribution in [0.1, 0.15) is 17.8 Å². The summed E-state index contributed by atoms with van der Waals surface area (Å²) in [7, 11) is 0. The van der Waals surface area contributed by atoms with E-state index in [1.807, 2.05) is 19.3 Å². The summed E-state index contributed by atoms with van der Waals surface area (Å²) in [5, 5.41) is 3.47. The number of aromatic nitrogens is 2. The molecule has 0 fully saturated rings. The van der Waals surface area contributed by atoms with E-state index in [4.69, 9.17) is 0 Å². The predicted octanol–water partition coefficient (Wildman–Crippen LogP) is 2.41. The van der Waals surface area contributed by atoms with Gasteiger partial charge in [0.15, 0.2) is 0 Å². The number of imidazole rings is 1. The van der Waals surface area contributed by atoms with E-state index in [-0.39, 0.29) is 0 Å². The van der Waals surface area contributed by atoms with Crippen molar-refractivity contribution in [3.05, 3.63) is 54.1 Å². The molecule has 0 saturated heterocycles. The number of hydrogen-bond acceptors (Lipinski definition) is 2. The van der Waals surface area contributed by atoms with Gasteiger partial charge in [0.1, 0.15) is 5.82 Å². The van der Waals surface area contributed by atoms with E-state index in [0.29, 0.717) is 0 Å². The Morgan fingerprint density at radius 1 is 1.17 bits per heavy atom. The SMILES string of the molecule is Cc1nccn1CCNCCCc1ccccc1. The Morgan fingerprint density at radius 3 is 2.72 bits per heavy atom. The third-order valence-electron chi connectivity index (χ3n) is 3.11. The maximum atomic E-state index is 4.21. The normalized spacial score (nSPS) is 10.7. The molecule has 0 bridgehead atoms. The van der Waals surface area contributed by atoms with E-state index < -0.39 is 0 Å². The van der Waals surface area contributed by atoms with E-state index in [2.05, 4.69) is 45.2 Å². The summed E-state index contributed by atoms with van der Waals surface area (Å²) in [4.78, 5) is 4.21. The molecule has 2 rings (SSSR count). The van der Waals surface area contributed by atoms with Gasteiger partial charge in [-0.1, -0.05) is 30.3 Å². The Hall–Kier alpha value is -1.61. The lowest BCUT2D eigenvalue weighted by molar-refractivity contribution is 0.575. The summed E-state index contributed by atoms with van der Waals surface area (Å²) >= 11 is 0. The van der Waals surface area contributed by atoms with Crippen LogP contribution in [0.25, 0.3) is 0 Å². The van der Waals surface area contributed by atoms with Crippen molar-refractivity contribution in [2.75, 3.05) is 13.1 Å². The molecule has 3 nitrogen and oxygen atoms in total. The van der Waals surface area contributed by atoms with Crippen LogP contribution in [-0.4, -0.2) is 22.6 Å². The number of rotatable bonds is 7. The molecule has 0 amide bonds. The lowest BCUT2D eigenvalue weighted by Gasteiger charge is -2.07. The highest BCUT2D eigenvalue weighted by molar-refractivity contribution is 5.14. The summed E-state index contributed by atoms with van der Waals surface area (Å²) in [5.74, 6) is 1.08. The minimum atomic E-state index is 0.997. The molecule has 0 radical (unpaired) electrons. The van der Waals surface area contributed by atoms with Gasteiger partial charge >= 0.3 is 0 Å². The van der Waals surface area contributed by atoms with E-state index in [0.717, 1.165) is 31.9 Å². The zero-order valence-corrected chi connectivity index (χ0v) is 11.0.